The van der Waals surface area contributed by atoms with Gasteiger partial charge < -0.3 is 15.3 Å². The highest BCUT2D eigenvalue weighted by atomic mass is 16.3. The van der Waals surface area contributed by atoms with E-state index in [-0.39, 0.29) is 11.9 Å². The minimum absolute atomic E-state index is 0.0373. The molecular formula is C13H16N2O2. The number of nitrogens with zero attached hydrogens (tertiary/aromatic N) is 1. The number of hydrogen-bond acceptors (Lipinski definition) is 3. The number of aliphatic hydroxyl groups excluding tert-OH is 1. The lowest BCUT2D eigenvalue weighted by Crippen LogP contribution is -2.43. The molecule has 2 N–H and O–H groups in total. The summed E-state index contributed by atoms with van der Waals surface area (Å²) < 4.78 is 0. The van der Waals surface area contributed by atoms with E-state index in [0.29, 0.717) is 5.56 Å². The summed E-state index contributed by atoms with van der Waals surface area (Å²) in [5.41, 5.74) is 2.45. The van der Waals surface area contributed by atoms with Gasteiger partial charge in [0.15, 0.2) is 0 Å². The summed E-state index contributed by atoms with van der Waals surface area (Å²) in [6.45, 7) is 2.69. The van der Waals surface area contributed by atoms with E-state index in [1.165, 1.54) is 0 Å². The maximum absolute atomic E-state index is 12.4. The largest absolute Gasteiger partial charge is 0.372 e. The normalized spacial score (nSPS) is 27.2. The zero-order chi connectivity index (χ0) is 12.0. The fraction of sp³-hybridized carbons (Fsp3) is 0.462. The number of fused-ring (bicyclic) bond motifs is 2. The third kappa shape index (κ3) is 1.52. The molecule has 17 heavy (non-hydrogen) atoms. The molecule has 0 spiro atoms. The Kier molecular flexibility index (Phi) is 2.33. The van der Waals surface area contributed by atoms with Gasteiger partial charge in [-0.1, -0.05) is 12.1 Å². The third-order valence-electron chi connectivity index (χ3n) is 3.72. The second kappa shape index (κ2) is 3.74. The summed E-state index contributed by atoms with van der Waals surface area (Å²) in [5, 5.41) is 13.2. The molecule has 2 heterocycles. The molecule has 0 aliphatic carbocycles. The van der Waals surface area contributed by atoms with Gasteiger partial charge >= 0.3 is 0 Å². The molecule has 2 atom stereocenters. The zero-order valence-corrected chi connectivity index (χ0v) is 9.81. The second-order valence-corrected chi connectivity index (χ2v) is 4.79. The predicted molar refractivity (Wildman–Crippen MR) is 64.9 cm³/mol. The monoisotopic (exact) mass is 232 g/mol. The van der Waals surface area contributed by atoms with Gasteiger partial charge in [-0.15, -0.1) is 0 Å². The van der Waals surface area contributed by atoms with Crippen LogP contribution in [0.5, 0.6) is 0 Å². The van der Waals surface area contributed by atoms with Gasteiger partial charge in [0.25, 0.3) is 5.91 Å². The third-order valence-corrected chi connectivity index (χ3v) is 3.72. The van der Waals surface area contributed by atoms with E-state index >= 15 is 0 Å². The van der Waals surface area contributed by atoms with E-state index in [1.807, 2.05) is 25.1 Å². The van der Waals surface area contributed by atoms with Crippen molar-refractivity contribution in [1.82, 2.24) is 4.90 Å². The lowest BCUT2D eigenvalue weighted by Gasteiger charge is -2.25. The first-order valence-electron chi connectivity index (χ1n) is 6.03. The van der Waals surface area contributed by atoms with Gasteiger partial charge in [0.05, 0.1) is 17.3 Å². The Morgan fingerprint density at radius 3 is 3.12 bits per heavy atom. The fourth-order valence-electron chi connectivity index (χ4n) is 2.81. The number of nitrogens with one attached hydrogen (secondary N) is 1. The Bertz CT molecular complexity index is 472. The van der Waals surface area contributed by atoms with Gasteiger partial charge in [-0.05, 0) is 31.4 Å². The number of aliphatic hydroxyl groups is 1. The Labute approximate surface area is 100 Å². The van der Waals surface area contributed by atoms with Crippen LogP contribution in [0, 0.1) is 6.92 Å². The first-order chi connectivity index (χ1) is 8.18. The number of benzene rings is 1. The molecule has 0 radical (unpaired) electrons. The summed E-state index contributed by atoms with van der Waals surface area (Å²) in [6, 6.07) is 5.57. The standard InChI is InChI=1S/C13H16N2O2/c1-8-4-2-5-9-11(8)14-12(16)10-6-3-7-15(10)13(9)17/h2,4-5,10,12,14,16H,3,6-7H2,1H3/t10-,12+/m0/s1. The smallest absolute Gasteiger partial charge is 0.256 e. The molecule has 4 nitrogen and oxygen atoms in total. The maximum atomic E-state index is 12.4. The number of carbonyl (C=O) groups is 1. The minimum atomic E-state index is -0.663. The lowest BCUT2D eigenvalue weighted by molar-refractivity contribution is 0.0581. The summed E-state index contributed by atoms with van der Waals surface area (Å²) in [4.78, 5) is 14.2. The summed E-state index contributed by atoms with van der Waals surface area (Å²) in [6.07, 6.45) is 1.17. The van der Waals surface area contributed by atoms with Crippen LogP contribution in [0.4, 0.5) is 5.69 Å². The Balaban J connectivity index is 2.12. The molecule has 1 aromatic carbocycles. The number of anilines is 1. The first-order valence-corrected chi connectivity index (χ1v) is 6.03. The number of rotatable bonds is 0. The zero-order valence-electron chi connectivity index (χ0n) is 9.81. The average molecular weight is 232 g/mol. The Morgan fingerprint density at radius 2 is 2.29 bits per heavy atom. The van der Waals surface area contributed by atoms with Crippen molar-refractivity contribution in [3.8, 4) is 0 Å². The van der Waals surface area contributed by atoms with E-state index in [9.17, 15) is 9.90 Å². The van der Waals surface area contributed by atoms with Gasteiger partial charge in [-0.2, -0.15) is 0 Å². The van der Waals surface area contributed by atoms with Crippen LogP contribution in [0.2, 0.25) is 0 Å². The highest BCUT2D eigenvalue weighted by Gasteiger charge is 2.38. The molecule has 0 saturated carbocycles. The summed E-state index contributed by atoms with van der Waals surface area (Å²) >= 11 is 0. The van der Waals surface area contributed by atoms with Crippen LogP contribution in [-0.2, 0) is 0 Å². The van der Waals surface area contributed by atoms with Gasteiger partial charge in [0.2, 0.25) is 0 Å². The summed E-state index contributed by atoms with van der Waals surface area (Å²) in [7, 11) is 0. The van der Waals surface area contributed by atoms with Gasteiger partial charge in [0.1, 0.15) is 6.23 Å². The van der Waals surface area contributed by atoms with E-state index in [1.54, 1.807) is 4.90 Å². The van der Waals surface area contributed by atoms with Crippen LogP contribution in [0.3, 0.4) is 0 Å². The Morgan fingerprint density at radius 1 is 1.47 bits per heavy atom. The van der Waals surface area contributed by atoms with Crippen LogP contribution in [0.25, 0.3) is 0 Å². The molecule has 3 rings (SSSR count). The topological polar surface area (TPSA) is 52.6 Å². The molecule has 1 aromatic rings. The first kappa shape index (κ1) is 10.6. The van der Waals surface area contributed by atoms with Crippen LogP contribution in [-0.4, -0.2) is 34.7 Å². The van der Waals surface area contributed by atoms with Crippen LogP contribution in [0.1, 0.15) is 28.8 Å². The predicted octanol–water partition coefficient (Wildman–Crippen LogP) is 1.34. The molecule has 1 fully saturated rings. The second-order valence-electron chi connectivity index (χ2n) is 4.79. The highest BCUT2D eigenvalue weighted by Crippen LogP contribution is 2.31. The average Bonchev–Trinajstić information content (AvgIpc) is 2.76. The molecule has 2 aliphatic heterocycles. The number of hydrogen-bond donors (Lipinski definition) is 2. The molecule has 4 heteroatoms. The van der Waals surface area contributed by atoms with Crippen molar-refractivity contribution < 1.29 is 9.90 Å². The molecule has 90 valence electrons. The van der Waals surface area contributed by atoms with Gasteiger partial charge in [0, 0.05) is 6.54 Å². The van der Waals surface area contributed by atoms with Gasteiger partial charge in [-0.3, -0.25) is 4.79 Å². The van der Waals surface area contributed by atoms with E-state index in [0.717, 1.165) is 30.6 Å². The van der Waals surface area contributed by atoms with Crippen molar-refractivity contribution in [2.75, 3.05) is 11.9 Å². The van der Waals surface area contributed by atoms with Crippen molar-refractivity contribution in [1.29, 1.82) is 0 Å². The molecule has 0 aromatic heterocycles. The number of carbonyl (C=O) groups excluding carboxylic acids is 1. The number of para-hydroxylation sites is 1. The number of amides is 1. The molecule has 1 amide bonds. The van der Waals surface area contributed by atoms with Crippen molar-refractivity contribution in [3.63, 3.8) is 0 Å². The lowest BCUT2D eigenvalue weighted by atomic mass is 10.1. The van der Waals surface area contributed by atoms with E-state index in [2.05, 4.69) is 5.32 Å². The van der Waals surface area contributed by atoms with Crippen LogP contribution in [0.15, 0.2) is 18.2 Å². The molecule has 1 saturated heterocycles. The van der Waals surface area contributed by atoms with Crippen molar-refractivity contribution in [2.45, 2.75) is 32.0 Å². The summed E-state index contributed by atoms with van der Waals surface area (Å²) in [5.74, 6) is 0.0373. The molecule has 2 aliphatic rings. The molecule has 0 bridgehead atoms. The highest BCUT2D eigenvalue weighted by molar-refractivity contribution is 6.01. The van der Waals surface area contributed by atoms with Crippen molar-refractivity contribution >= 4 is 11.6 Å². The molecular weight excluding hydrogens is 216 g/mol. The van der Waals surface area contributed by atoms with Crippen LogP contribution < -0.4 is 5.32 Å². The fourth-order valence-corrected chi connectivity index (χ4v) is 2.81. The quantitative estimate of drug-likeness (QED) is 0.710. The van der Waals surface area contributed by atoms with E-state index < -0.39 is 6.23 Å². The SMILES string of the molecule is Cc1cccc2c1N[C@H](O)[C@@H]1CCCN1C2=O. The maximum Gasteiger partial charge on any atom is 0.256 e. The number of aryl methyl sites for hydroxylation is 1. The van der Waals surface area contributed by atoms with Crippen LogP contribution >= 0.6 is 0 Å². The molecule has 0 unspecified atom stereocenters. The minimum Gasteiger partial charge on any atom is -0.372 e. The van der Waals surface area contributed by atoms with Crippen molar-refractivity contribution in [2.24, 2.45) is 0 Å². The van der Waals surface area contributed by atoms with E-state index in [4.69, 9.17) is 0 Å². The Hall–Kier alpha value is -1.55. The van der Waals surface area contributed by atoms with Crippen molar-refractivity contribution in [3.05, 3.63) is 29.3 Å². The van der Waals surface area contributed by atoms with Gasteiger partial charge in [-0.25, -0.2) is 0 Å².